The van der Waals surface area contributed by atoms with E-state index >= 15 is 0 Å². The van der Waals surface area contributed by atoms with Crippen molar-refractivity contribution in [2.45, 2.75) is 20.8 Å². The molecular weight excluding hydrogens is 284 g/mol. The van der Waals surface area contributed by atoms with Crippen LogP contribution in [0.3, 0.4) is 0 Å². The third-order valence-corrected chi connectivity index (χ3v) is 4.38. The van der Waals surface area contributed by atoms with Gasteiger partial charge in [0.05, 0.1) is 0 Å². The topological polar surface area (TPSA) is 29.9 Å². The van der Waals surface area contributed by atoms with Crippen LogP contribution in [-0.2, 0) is 7.05 Å². The molecule has 23 heavy (non-hydrogen) atoms. The number of hydrogen-bond donors (Lipinski definition) is 0. The Morgan fingerprint density at radius 3 is 2.57 bits per heavy atom. The quantitative estimate of drug-likeness (QED) is 0.488. The van der Waals surface area contributed by atoms with E-state index in [1.807, 2.05) is 13.0 Å². The molecule has 0 saturated heterocycles. The minimum absolute atomic E-state index is 0.713. The van der Waals surface area contributed by atoms with E-state index in [2.05, 4.69) is 67.0 Å². The van der Waals surface area contributed by atoms with Gasteiger partial charge in [0.1, 0.15) is 12.6 Å². The monoisotopic (exact) mass is 303 g/mol. The highest BCUT2D eigenvalue weighted by molar-refractivity contribution is 6.05. The number of aryl methyl sites for hydroxylation is 4. The molecule has 0 fully saturated rings. The van der Waals surface area contributed by atoms with Crippen LogP contribution in [0.1, 0.15) is 16.8 Å². The second-order valence-corrected chi connectivity index (χ2v) is 6.27. The lowest BCUT2D eigenvalue weighted by Crippen LogP contribution is -2.31. The Labute approximate surface area is 135 Å². The SMILES string of the molecule is Cc1ccc(-c2cc3c(cc2C)oc2nc(C)ccc23)[n+](C)c1. The standard InChI is InChI=1S/C20H19N2O/c1-12-5-8-18(22(4)11-12)16-10-17-15-7-6-14(3)21-20(15)23-19(17)9-13(16)2/h5-11H,1-4H3/q+1. The summed E-state index contributed by atoms with van der Waals surface area (Å²) < 4.78 is 8.11. The van der Waals surface area contributed by atoms with Gasteiger partial charge in [0.2, 0.25) is 11.4 Å². The summed E-state index contributed by atoms with van der Waals surface area (Å²) in [5.74, 6) is 0. The van der Waals surface area contributed by atoms with Crippen molar-refractivity contribution in [1.82, 2.24) is 4.98 Å². The summed E-state index contributed by atoms with van der Waals surface area (Å²) in [5, 5.41) is 2.19. The van der Waals surface area contributed by atoms with E-state index in [1.165, 1.54) is 22.4 Å². The van der Waals surface area contributed by atoms with Crippen molar-refractivity contribution in [3.05, 3.63) is 59.4 Å². The molecule has 3 heteroatoms. The van der Waals surface area contributed by atoms with E-state index in [4.69, 9.17) is 4.42 Å². The van der Waals surface area contributed by atoms with E-state index in [1.54, 1.807) is 0 Å². The molecule has 4 aromatic rings. The summed E-state index contributed by atoms with van der Waals surface area (Å²) in [6.07, 6.45) is 2.15. The van der Waals surface area contributed by atoms with Crippen LogP contribution in [-0.4, -0.2) is 4.98 Å². The average Bonchev–Trinajstić information content (AvgIpc) is 2.83. The zero-order valence-electron chi connectivity index (χ0n) is 13.8. The van der Waals surface area contributed by atoms with Crippen LogP contribution in [0.2, 0.25) is 0 Å². The smallest absolute Gasteiger partial charge is 0.227 e. The molecule has 0 atom stereocenters. The van der Waals surface area contributed by atoms with Crippen molar-refractivity contribution in [3.8, 4) is 11.3 Å². The lowest BCUT2D eigenvalue weighted by Gasteiger charge is -2.05. The average molecular weight is 303 g/mol. The van der Waals surface area contributed by atoms with Crippen LogP contribution >= 0.6 is 0 Å². The van der Waals surface area contributed by atoms with E-state index < -0.39 is 0 Å². The predicted octanol–water partition coefficient (Wildman–Crippen LogP) is 4.40. The molecule has 0 unspecified atom stereocenters. The van der Waals surface area contributed by atoms with Gasteiger partial charge in [-0.2, -0.15) is 0 Å². The molecule has 3 heterocycles. The molecule has 0 spiro atoms. The fourth-order valence-electron chi connectivity index (χ4n) is 3.20. The van der Waals surface area contributed by atoms with E-state index in [0.717, 1.165) is 22.0 Å². The normalized spacial score (nSPS) is 11.5. The maximum absolute atomic E-state index is 5.94. The van der Waals surface area contributed by atoms with Crippen LogP contribution in [0.4, 0.5) is 0 Å². The third kappa shape index (κ3) is 2.20. The maximum Gasteiger partial charge on any atom is 0.227 e. The first kappa shape index (κ1) is 13.9. The van der Waals surface area contributed by atoms with Gasteiger partial charge in [-0.3, -0.25) is 0 Å². The second-order valence-electron chi connectivity index (χ2n) is 6.27. The van der Waals surface area contributed by atoms with Crippen LogP contribution in [0.25, 0.3) is 33.3 Å². The summed E-state index contributed by atoms with van der Waals surface area (Å²) in [4.78, 5) is 4.50. The predicted molar refractivity (Wildman–Crippen MR) is 92.3 cm³/mol. The Bertz CT molecular complexity index is 1060. The van der Waals surface area contributed by atoms with Crippen LogP contribution < -0.4 is 4.57 Å². The number of furan rings is 1. The highest BCUT2D eigenvalue weighted by atomic mass is 16.3. The number of pyridine rings is 2. The second kappa shape index (κ2) is 4.92. The van der Waals surface area contributed by atoms with Crippen molar-refractivity contribution in [1.29, 1.82) is 0 Å². The zero-order chi connectivity index (χ0) is 16.1. The van der Waals surface area contributed by atoms with Crippen LogP contribution in [0.5, 0.6) is 0 Å². The van der Waals surface area contributed by atoms with Crippen molar-refractivity contribution >= 4 is 22.1 Å². The largest absolute Gasteiger partial charge is 0.438 e. The minimum Gasteiger partial charge on any atom is -0.438 e. The van der Waals surface area contributed by atoms with Gasteiger partial charge in [-0.25, -0.2) is 9.55 Å². The number of rotatable bonds is 1. The van der Waals surface area contributed by atoms with Gasteiger partial charge in [0, 0.05) is 33.7 Å². The summed E-state index contributed by atoms with van der Waals surface area (Å²) in [5.41, 5.74) is 7.46. The Balaban J connectivity index is 2.04. The molecule has 0 N–H and O–H groups in total. The Morgan fingerprint density at radius 2 is 1.78 bits per heavy atom. The molecule has 114 valence electrons. The Morgan fingerprint density at radius 1 is 0.957 bits per heavy atom. The summed E-state index contributed by atoms with van der Waals surface area (Å²) in [6.45, 7) is 6.22. The molecule has 3 aromatic heterocycles. The Hall–Kier alpha value is -2.68. The molecule has 0 amide bonds. The van der Waals surface area contributed by atoms with Gasteiger partial charge in [-0.05, 0) is 56.7 Å². The lowest BCUT2D eigenvalue weighted by molar-refractivity contribution is -0.660. The highest BCUT2D eigenvalue weighted by Crippen LogP contribution is 2.33. The first-order chi connectivity index (χ1) is 11.0. The molecule has 0 saturated carbocycles. The van der Waals surface area contributed by atoms with Crippen molar-refractivity contribution in [3.63, 3.8) is 0 Å². The van der Waals surface area contributed by atoms with Crippen molar-refractivity contribution in [2.24, 2.45) is 7.05 Å². The first-order valence-electron chi connectivity index (χ1n) is 7.80. The lowest BCUT2D eigenvalue weighted by atomic mass is 10.0. The van der Waals surface area contributed by atoms with Gasteiger partial charge in [0.15, 0.2) is 6.20 Å². The number of aromatic nitrogens is 2. The molecule has 1 aromatic carbocycles. The minimum atomic E-state index is 0.713. The number of nitrogens with zero attached hydrogens (tertiary/aromatic N) is 2. The summed E-state index contributed by atoms with van der Waals surface area (Å²) >= 11 is 0. The summed E-state index contributed by atoms with van der Waals surface area (Å²) in [7, 11) is 2.09. The zero-order valence-corrected chi connectivity index (χ0v) is 13.8. The van der Waals surface area contributed by atoms with Gasteiger partial charge in [-0.15, -0.1) is 0 Å². The van der Waals surface area contributed by atoms with Crippen molar-refractivity contribution in [2.75, 3.05) is 0 Å². The van der Waals surface area contributed by atoms with Gasteiger partial charge in [-0.1, -0.05) is 0 Å². The highest BCUT2D eigenvalue weighted by Gasteiger charge is 2.16. The molecule has 3 nitrogen and oxygen atoms in total. The van der Waals surface area contributed by atoms with Gasteiger partial charge < -0.3 is 4.42 Å². The molecule has 0 bridgehead atoms. The van der Waals surface area contributed by atoms with Gasteiger partial charge >= 0.3 is 0 Å². The number of fused-ring (bicyclic) bond motifs is 3. The summed E-state index contributed by atoms with van der Waals surface area (Å²) in [6, 6.07) is 12.8. The fourth-order valence-corrected chi connectivity index (χ4v) is 3.20. The van der Waals surface area contributed by atoms with Crippen LogP contribution in [0, 0.1) is 20.8 Å². The maximum atomic E-state index is 5.94. The van der Waals surface area contributed by atoms with Crippen LogP contribution in [0.15, 0.2) is 47.0 Å². The molecule has 0 aliphatic rings. The molecule has 0 aliphatic carbocycles. The molecule has 4 rings (SSSR count). The van der Waals surface area contributed by atoms with E-state index in [-0.39, 0.29) is 0 Å². The van der Waals surface area contributed by atoms with E-state index in [9.17, 15) is 0 Å². The third-order valence-electron chi connectivity index (χ3n) is 4.38. The van der Waals surface area contributed by atoms with Gasteiger partial charge in [0.25, 0.3) is 0 Å². The fraction of sp³-hybridized carbons (Fsp3) is 0.200. The Kier molecular flexibility index (Phi) is 2.98. The molecule has 0 aliphatic heterocycles. The first-order valence-corrected chi connectivity index (χ1v) is 7.80. The number of hydrogen-bond acceptors (Lipinski definition) is 2. The van der Waals surface area contributed by atoms with Crippen molar-refractivity contribution < 1.29 is 8.98 Å². The van der Waals surface area contributed by atoms with E-state index in [0.29, 0.717) is 5.71 Å². The molecule has 0 radical (unpaired) electrons. The molecular formula is C20H19N2O+. The number of benzene rings is 1.